The van der Waals surface area contributed by atoms with Crippen LogP contribution in [-0.2, 0) is 4.74 Å². The summed E-state index contributed by atoms with van der Waals surface area (Å²) in [6.45, 7) is -0.0340. The van der Waals surface area contributed by atoms with E-state index in [0.717, 1.165) is 5.56 Å². The molecule has 3 atom stereocenters. The fraction of sp³-hybridized carbons (Fsp3) is 0.455. The van der Waals surface area contributed by atoms with Gasteiger partial charge < -0.3 is 9.84 Å². The maximum Gasteiger partial charge on any atom is 0.243 e. The molecule has 86 valence electrons. The Labute approximate surface area is 92.8 Å². The molecule has 1 aliphatic rings. The summed E-state index contributed by atoms with van der Waals surface area (Å²) in [5.41, 5.74) is 0.881. The third kappa shape index (κ3) is 2.20. The van der Waals surface area contributed by atoms with Crippen molar-refractivity contribution in [2.75, 3.05) is 6.61 Å². The summed E-state index contributed by atoms with van der Waals surface area (Å²) < 4.78 is 4.92. The normalized spacial score (nSPS) is 29.9. The Hall–Kier alpha value is -1.46. The Bertz CT molecular complexity index is 368. The summed E-state index contributed by atoms with van der Waals surface area (Å²) in [5.74, 6) is -0.278. The quantitative estimate of drug-likeness (QED) is 0.603. The van der Waals surface area contributed by atoms with Crippen LogP contribution in [0.5, 0.6) is 0 Å². The van der Waals surface area contributed by atoms with Crippen LogP contribution in [0.4, 0.5) is 0 Å². The van der Waals surface area contributed by atoms with E-state index in [2.05, 4.69) is 0 Å². The van der Waals surface area contributed by atoms with Crippen molar-refractivity contribution < 1.29 is 14.8 Å². The molecule has 1 saturated heterocycles. The van der Waals surface area contributed by atoms with Gasteiger partial charge in [0.05, 0.1) is 5.92 Å². The van der Waals surface area contributed by atoms with Gasteiger partial charge in [-0.2, -0.15) is 0 Å². The molecule has 1 aliphatic heterocycles. The minimum Gasteiger partial charge on any atom is -0.368 e. The standard InChI is InChI=1S/C11H13NO4/c13-11-6-9(8-4-2-1-3-5-8)10(7-16-11)12(14)15/h1-5,9-11,13H,6-7H2/t9-,10-,11?/m1/s1. The molecule has 1 aromatic carbocycles. The lowest BCUT2D eigenvalue weighted by Gasteiger charge is -2.29. The molecule has 0 spiro atoms. The van der Waals surface area contributed by atoms with Crippen molar-refractivity contribution in [1.29, 1.82) is 0 Å². The molecule has 0 aromatic heterocycles. The van der Waals surface area contributed by atoms with Crippen LogP contribution in [0.3, 0.4) is 0 Å². The van der Waals surface area contributed by atoms with E-state index in [9.17, 15) is 15.2 Å². The molecule has 0 amide bonds. The van der Waals surface area contributed by atoms with Gasteiger partial charge in [-0.1, -0.05) is 30.3 Å². The van der Waals surface area contributed by atoms with E-state index in [1.807, 2.05) is 30.3 Å². The van der Waals surface area contributed by atoms with Crippen molar-refractivity contribution in [3.63, 3.8) is 0 Å². The van der Waals surface area contributed by atoms with E-state index in [4.69, 9.17) is 4.74 Å². The molecular formula is C11H13NO4. The second-order valence-corrected chi connectivity index (χ2v) is 3.89. The van der Waals surface area contributed by atoms with Crippen LogP contribution in [0.25, 0.3) is 0 Å². The molecule has 0 bridgehead atoms. The first-order valence-corrected chi connectivity index (χ1v) is 5.16. The number of benzene rings is 1. The largest absolute Gasteiger partial charge is 0.368 e. The first-order chi connectivity index (χ1) is 7.68. The highest BCUT2D eigenvalue weighted by atomic mass is 16.6. The van der Waals surface area contributed by atoms with Crippen LogP contribution in [-0.4, -0.2) is 29.0 Å². The third-order valence-electron chi connectivity index (χ3n) is 2.88. The zero-order valence-electron chi connectivity index (χ0n) is 8.65. The lowest BCUT2D eigenvalue weighted by Crippen LogP contribution is -2.40. The predicted molar refractivity (Wildman–Crippen MR) is 56.5 cm³/mol. The van der Waals surface area contributed by atoms with Crippen molar-refractivity contribution in [2.45, 2.75) is 24.7 Å². The lowest BCUT2D eigenvalue weighted by molar-refractivity contribution is -0.538. The van der Waals surface area contributed by atoms with Gasteiger partial charge in [-0.15, -0.1) is 0 Å². The molecule has 1 unspecified atom stereocenters. The van der Waals surface area contributed by atoms with Gasteiger partial charge >= 0.3 is 0 Å². The molecule has 1 N–H and O–H groups in total. The molecule has 2 rings (SSSR count). The molecule has 16 heavy (non-hydrogen) atoms. The zero-order valence-corrected chi connectivity index (χ0v) is 8.65. The van der Waals surface area contributed by atoms with Gasteiger partial charge in [-0.3, -0.25) is 10.1 Å². The summed E-state index contributed by atoms with van der Waals surface area (Å²) in [6.07, 6.45) is -0.628. The smallest absolute Gasteiger partial charge is 0.243 e. The van der Waals surface area contributed by atoms with Crippen molar-refractivity contribution in [1.82, 2.24) is 0 Å². The number of ether oxygens (including phenoxy) is 1. The second-order valence-electron chi connectivity index (χ2n) is 3.89. The summed E-state index contributed by atoms with van der Waals surface area (Å²) in [5, 5.41) is 20.3. The first-order valence-electron chi connectivity index (χ1n) is 5.16. The zero-order chi connectivity index (χ0) is 11.5. The van der Waals surface area contributed by atoms with Gasteiger partial charge in [-0.05, 0) is 5.56 Å². The molecule has 5 heteroatoms. The number of nitrogens with zero attached hydrogens (tertiary/aromatic N) is 1. The van der Waals surface area contributed by atoms with Crippen LogP contribution in [0.15, 0.2) is 30.3 Å². The molecule has 5 nitrogen and oxygen atoms in total. The Morgan fingerprint density at radius 3 is 2.69 bits per heavy atom. The van der Waals surface area contributed by atoms with Gasteiger partial charge in [0.1, 0.15) is 6.61 Å². The Morgan fingerprint density at radius 1 is 1.38 bits per heavy atom. The van der Waals surface area contributed by atoms with Crippen LogP contribution in [0.1, 0.15) is 17.9 Å². The number of hydrogen-bond acceptors (Lipinski definition) is 4. The predicted octanol–water partition coefficient (Wildman–Crippen LogP) is 1.15. The van der Waals surface area contributed by atoms with Crippen LogP contribution in [0, 0.1) is 10.1 Å². The van der Waals surface area contributed by atoms with E-state index in [1.165, 1.54) is 0 Å². The average Bonchev–Trinajstić information content (AvgIpc) is 2.29. The Kier molecular flexibility index (Phi) is 3.17. The molecule has 0 radical (unpaired) electrons. The van der Waals surface area contributed by atoms with Crippen LogP contribution < -0.4 is 0 Å². The minimum atomic E-state index is -0.901. The van der Waals surface area contributed by atoms with E-state index in [0.29, 0.717) is 0 Å². The third-order valence-corrected chi connectivity index (χ3v) is 2.88. The van der Waals surface area contributed by atoms with E-state index in [-0.39, 0.29) is 23.9 Å². The molecular weight excluding hydrogens is 210 g/mol. The number of aliphatic hydroxyl groups excluding tert-OH is 1. The average molecular weight is 223 g/mol. The van der Waals surface area contributed by atoms with Crippen LogP contribution in [0.2, 0.25) is 0 Å². The van der Waals surface area contributed by atoms with Crippen molar-refractivity contribution >= 4 is 0 Å². The summed E-state index contributed by atoms with van der Waals surface area (Å²) in [6, 6.07) is 8.46. The maximum absolute atomic E-state index is 10.9. The number of aliphatic hydroxyl groups is 1. The maximum atomic E-state index is 10.9. The summed E-state index contributed by atoms with van der Waals surface area (Å²) >= 11 is 0. The fourth-order valence-corrected chi connectivity index (χ4v) is 2.03. The SMILES string of the molecule is O=[N+]([O-])[C@@H]1COC(O)C[C@@H]1c1ccccc1. The van der Waals surface area contributed by atoms with Crippen molar-refractivity contribution in [2.24, 2.45) is 0 Å². The topological polar surface area (TPSA) is 72.6 Å². The van der Waals surface area contributed by atoms with E-state index < -0.39 is 12.3 Å². The number of rotatable bonds is 2. The number of nitro groups is 1. The van der Waals surface area contributed by atoms with E-state index >= 15 is 0 Å². The van der Waals surface area contributed by atoms with Crippen molar-refractivity contribution in [3.8, 4) is 0 Å². The van der Waals surface area contributed by atoms with Crippen molar-refractivity contribution in [3.05, 3.63) is 46.0 Å². The molecule has 1 heterocycles. The minimum absolute atomic E-state index is 0.0340. The highest BCUT2D eigenvalue weighted by molar-refractivity contribution is 5.21. The van der Waals surface area contributed by atoms with Crippen LogP contribution >= 0.6 is 0 Å². The number of hydrogen-bond donors (Lipinski definition) is 1. The summed E-state index contributed by atoms with van der Waals surface area (Å²) in [7, 11) is 0. The highest BCUT2D eigenvalue weighted by Crippen LogP contribution is 2.30. The summed E-state index contributed by atoms with van der Waals surface area (Å²) in [4.78, 5) is 10.6. The van der Waals surface area contributed by atoms with Gasteiger partial charge in [0, 0.05) is 11.3 Å². The molecule has 1 fully saturated rings. The monoisotopic (exact) mass is 223 g/mol. The van der Waals surface area contributed by atoms with Gasteiger partial charge in [0.15, 0.2) is 6.29 Å². The first kappa shape index (κ1) is 11.0. The Balaban J connectivity index is 2.24. The highest BCUT2D eigenvalue weighted by Gasteiger charge is 2.39. The van der Waals surface area contributed by atoms with Gasteiger partial charge in [-0.25, -0.2) is 0 Å². The van der Waals surface area contributed by atoms with Gasteiger partial charge in [0.2, 0.25) is 6.04 Å². The molecule has 1 aromatic rings. The lowest BCUT2D eigenvalue weighted by atomic mass is 9.87. The molecule has 0 aliphatic carbocycles. The molecule has 0 saturated carbocycles. The second kappa shape index (κ2) is 4.59. The fourth-order valence-electron chi connectivity index (χ4n) is 2.03. The Morgan fingerprint density at radius 2 is 2.06 bits per heavy atom. The van der Waals surface area contributed by atoms with Gasteiger partial charge in [0.25, 0.3) is 0 Å². The van der Waals surface area contributed by atoms with E-state index in [1.54, 1.807) is 0 Å².